The zero-order chi connectivity index (χ0) is 6.62. The molecule has 0 aromatic rings. The van der Waals surface area contributed by atoms with Gasteiger partial charge in [0.25, 0.3) is 0 Å². The van der Waals surface area contributed by atoms with Crippen molar-refractivity contribution in [2.75, 3.05) is 19.8 Å². The minimum atomic E-state index is -0.708. The summed E-state index contributed by atoms with van der Waals surface area (Å²) < 4.78 is 0. The Morgan fingerprint density at radius 3 is 1.22 bits per heavy atom. The van der Waals surface area contributed by atoms with Crippen LogP contribution in [-0.2, 0) is 0 Å². The Kier molecular flexibility index (Phi) is 7.87. The molecule has 0 aromatic carbocycles. The average molecular weight is 144 g/mol. The minimum absolute atomic E-state index is 0. The number of aliphatic hydroxyl groups excluding tert-OH is 3. The van der Waals surface area contributed by atoms with Crippen LogP contribution in [-0.4, -0.2) is 64.7 Å². The van der Waals surface area contributed by atoms with Crippen molar-refractivity contribution in [1.82, 2.24) is 0 Å². The SMILES string of the molecule is CC(CO)(CO)CO.[NaH]. The van der Waals surface area contributed by atoms with E-state index in [4.69, 9.17) is 15.3 Å². The average Bonchev–Trinajstić information content (AvgIpc) is 1.87. The standard InChI is InChI=1S/C5H12O3.Na.H/c1-5(2-6,3-7)4-8;;/h6-8H,2-4H2,1H3;;. The van der Waals surface area contributed by atoms with E-state index in [9.17, 15) is 0 Å². The zero-order valence-corrected chi connectivity index (χ0v) is 4.96. The number of aliphatic hydroxyl groups is 3. The molecule has 0 bridgehead atoms. The van der Waals surface area contributed by atoms with Gasteiger partial charge in [0.1, 0.15) is 0 Å². The third-order valence-electron chi connectivity index (χ3n) is 1.15. The fourth-order valence-electron chi connectivity index (χ4n) is 0.150. The van der Waals surface area contributed by atoms with E-state index in [2.05, 4.69) is 0 Å². The summed E-state index contributed by atoms with van der Waals surface area (Å²) in [7, 11) is 0. The summed E-state index contributed by atoms with van der Waals surface area (Å²) in [5.41, 5.74) is -0.708. The molecule has 52 valence electrons. The molecule has 0 aromatic heterocycles. The molecule has 0 rings (SSSR count). The Hall–Kier alpha value is 0.880. The Bertz CT molecular complexity index is 55.0. The molecule has 0 unspecified atom stereocenters. The molecule has 0 radical (unpaired) electrons. The quantitative estimate of drug-likeness (QED) is 0.415. The first-order valence-electron chi connectivity index (χ1n) is 2.51. The molecule has 3 nitrogen and oxygen atoms in total. The Labute approximate surface area is 77.0 Å². The second kappa shape index (κ2) is 5.65. The molecule has 0 spiro atoms. The molecule has 9 heavy (non-hydrogen) atoms. The molecule has 0 atom stereocenters. The summed E-state index contributed by atoms with van der Waals surface area (Å²) in [5.74, 6) is 0. The normalized spacial score (nSPS) is 10.7. The molecule has 0 fully saturated rings. The maximum atomic E-state index is 8.47. The third kappa shape index (κ3) is 4.31. The van der Waals surface area contributed by atoms with Gasteiger partial charge in [0.2, 0.25) is 0 Å². The second-order valence-corrected chi connectivity index (χ2v) is 2.29. The molecular formula is C5H13NaO3. The summed E-state index contributed by atoms with van der Waals surface area (Å²) in [6.45, 7) is 1.06. The van der Waals surface area contributed by atoms with Crippen LogP contribution in [0.5, 0.6) is 0 Å². The van der Waals surface area contributed by atoms with Gasteiger partial charge < -0.3 is 15.3 Å². The summed E-state index contributed by atoms with van der Waals surface area (Å²) in [6, 6.07) is 0. The van der Waals surface area contributed by atoms with Crippen molar-refractivity contribution in [1.29, 1.82) is 0 Å². The molecule has 0 aliphatic heterocycles. The van der Waals surface area contributed by atoms with Crippen molar-refractivity contribution >= 4 is 29.6 Å². The molecule has 3 N–H and O–H groups in total. The Balaban J connectivity index is 0. The van der Waals surface area contributed by atoms with Crippen molar-refractivity contribution in [3.8, 4) is 0 Å². The molecular weight excluding hydrogens is 131 g/mol. The summed E-state index contributed by atoms with van der Waals surface area (Å²) in [5, 5.41) is 25.4. The van der Waals surface area contributed by atoms with Gasteiger partial charge >= 0.3 is 29.6 Å². The molecule has 0 heterocycles. The Morgan fingerprint density at radius 1 is 1.00 bits per heavy atom. The van der Waals surface area contributed by atoms with Crippen LogP contribution in [0.1, 0.15) is 6.92 Å². The van der Waals surface area contributed by atoms with E-state index >= 15 is 0 Å². The van der Waals surface area contributed by atoms with Gasteiger partial charge in [0.15, 0.2) is 0 Å². The summed E-state index contributed by atoms with van der Waals surface area (Å²) in [4.78, 5) is 0. The molecule has 0 saturated carbocycles. The van der Waals surface area contributed by atoms with E-state index in [0.29, 0.717) is 0 Å². The first-order chi connectivity index (χ1) is 3.68. The molecule has 0 aliphatic rings. The van der Waals surface area contributed by atoms with Gasteiger partial charge in [0.05, 0.1) is 19.8 Å². The molecule has 0 saturated heterocycles. The van der Waals surface area contributed by atoms with Gasteiger partial charge in [-0.1, -0.05) is 6.92 Å². The monoisotopic (exact) mass is 144 g/mol. The van der Waals surface area contributed by atoms with E-state index in [0.717, 1.165) is 0 Å². The van der Waals surface area contributed by atoms with E-state index in [1.807, 2.05) is 0 Å². The molecule has 0 amide bonds. The molecule has 4 heteroatoms. The zero-order valence-electron chi connectivity index (χ0n) is 4.96. The predicted molar refractivity (Wildman–Crippen MR) is 36.5 cm³/mol. The Morgan fingerprint density at radius 2 is 1.22 bits per heavy atom. The van der Waals surface area contributed by atoms with Crippen molar-refractivity contribution in [2.45, 2.75) is 6.92 Å². The summed E-state index contributed by atoms with van der Waals surface area (Å²) in [6.07, 6.45) is 0. The number of rotatable bonds is 3. The first-order valence-corrected chi connectivity index (χ1v) is 2.51. The van der Waals surface area contributed by atoms with Gasteiger partial charge in [-0.3, -0.25) is 0 Å². The first kappa shape index (κ1) is 12.5. The fraction of sp³-hybridized carbons (Fsp3) is 1.00. The number of hydrogen-bond acceptors (Lipinski definition) is 3. The van der Waals surface area contributed by atoms with Crippen LogP contribution in [0, 0.1) is 5.41 Å². The van der Waals surface area contributed by atoms with Gasteiger partial charge in [-0.25, -0.2) is 0 Å². The van der Waals surface area contributed by atoms with Gasteiger partial charge in [-0.2, -0.15) is 0 Å². The topological polar surface area (TPSA) is 60.7 Å². The third-order valence-corrected chi connectivity index (χ3v) is 1.15. The second-order valence-electron chi connectivity index (χ2n) is 2.29. The van der Waals surface area contributed by atoms with Crippen LogP contribution >= 0.6 is 0 Å². The van der Waals surface area contributed by atoms with Crippen LogP contribution in [0.4, 0.5) is 0 Å². The van der Waals surface area contributed by atoms with Crippen molar-refractivity contribution in [3.05, 3.63) is 0 Å². The van der Waals surface area contributed by atoms with Crippen LogP contribution in [0.2, 0.25) is 0 Å². The number of hydrogen-bond donors (Lipinski definition) is 3. The van der Waals surface area contributed by atoms with Crippen molar-refractivity contribution in [3.63, 3.8) is 0 Å². The van der Waals surface area contributed by atoms with Crippen LogP contribution in [0.25, 0.3) is 0 Å². The van der Waals surface area contributed by atoms with E-state index < -0.39 is 5.41 Å². The van der Waals surface area contributed by atoms with E-state index in [1.165, 1.54) is 0 Å². The van der Waals surface area contributed by atoms with Crippen LogP contribution < -0.4 is 0 Å². The molecule has 0 aliphatic carbocycles. The van der Waals surface area contributed by atoms with Crippen LogP contribution in [0.3, 0.4) is 0 Å². The fourth-order valence-corrected chi connectivity index (χ4v) is 0.150. The summed E-state index contributed by atoms with van der Waals surface area (Å²) >= 11 is 0. The van der Waals surface area contributed by atoms with E-state index in [-0.39, 0.29) is 49.4 Å². The van der Waals surface area contributed by atoms with Gasteiger partial charge in [-0.05, 0) is 0 Å². The van der Waals surface area contributed by atoms with Crippen LogP contribution in [0.15, 0.2) is 0 Å². The van der Waals surface area contributed by atoms with Crippen molar-refractivity contribution < 1.29 is 15.3 Å². The van der Waals surface area contributed by atoms with Gasteiger partial charge in [-0.15, -0.1) is 0 Å². The predicted octanol–water partition coefficient (Wildman–Crippen LogP) is -1.68. The maximum absolute atomic E-state index is 8.47. The van der Waals surface area contributed by atoms with E-state index in [1.54, 1.807) is 6.92 Å². The van der Waals surface area contributed by atoms with Crippen molar-refractivity contribution in [2.24, 2.45) is 5.41 Å². The van der Waals surface area contributed by atoms with Gasteiger partial charge in [0, 0.05) is 5.41 Å².